The number of nitrogens with one attached hydrogen (secondary N) is 1. The number of halogens is 2. The van der Waals surface area contributed by atoms with Gasteiger partial charge in [0.05, 0.1) is 17.3 Å². The Morgan fingerprint density at radius 2 is 1.95 bits per heavy atom. The maximum Gasteiger partial charge on any atom is 0.142 e. The van der Waals surface area contributed by atoms with Crippen molar-refractivity contribution in [2.75, 3.05) is 11.9 Å². The summed E-state index contributed by atoms with van der Waals surface area (Å²) >= 11 is 11.9. The van der Waals surface area contributed by atoms with Crippen LogP contribution in [0.3, 0.4) is 0 Å². The minimum absolute atomic E-state index is 0.0788. The molecule has 0 fully saturated rings. The molecule has 21 heavy (non-hydrogen) atoms. The van der Waals surface area contributed by atoms with Crippen molar-refractivity contribution in [1.82, 2.24) is 0 Å². The second-order valence-corrected chi connectivity index (χ2v) is 5.47. The molecule has 112 valence electrons. The smallest absolute Gasteiger partial charge is 0.142 e. The number of ether oxygens (including phenoxy) is 1. The van der Waals surface area contributed by atoms with Crippen LogP contribution >= 0.6 is 23.2 Å². The van der Waals surface area contributed by atoms with Gasteiger partial charge in [-0.2, -0.15) is 0 Å². The van der Waals surface area contributed by atoms with Gasteiger partial charge in [0.25, 0.3) is 0 Å². The van der Waals surface area contributed by atoms with Gasteiger partial charge >= 0.3 is 0 Å². The standard InChI is InChI=1S/C16H17Cl2NO2/c1-2-7-21-16-6-4-12(17)9-14(16)19-10-11-3-5-15(20)13(18)8-11/h3-6,8-9,19-20H,2,7,10H2,1H3. The number of phenols is 1. The molecule has 0 saturated carbocycles. The van der Waals surface area contributed by atoms with Crippen LogP contribution in [0.1, 0.15) is 18.9 Å². The Balaban J connectivity index is 2.10. The fourth-order valence-corrected chi connectivity index (χ4v) is 2.21. The monoisotopic (exact) mass is 325 g/mol. The molecule has 0 aliphatic carbocycles. The summed E-state index contributed by atoms with van der Waals surface area (Å²) in [5, 5.41) is 13.7. The van der Waals surface area contributed by atoms with Crippen LogP contribution < -0.4 is 10.1 Å². The fourth-order valence-electron chi connectivity index (χ4n) is 1.84. The molecule has 2 N–H and O–H groups in total. The molecule has 2 aromatic rings. The molecular formula is C16H17Cl2NO2. The zero-order chi connectivity index (χ0) is 15.2. The molecule has 0 amide bonds. The van der Waals surface area contributed by atoms with E-state index in [2.05, 4.69) is 12.2 Å². The first-order valence-electron chi connectivity index (χ1n) is 6.73. The Hall–Kier alpha value is -1.58. The van der Waals surface area contributed by atoms with E-state index < -0.39 is 0 Å². The van der Waals surface area contributed by atoms with Gasteiger partial charge < -0.3 is 15.2 Å². The zero-order valence-electron chi connectivity index (χ0n) is 11.7. The van der Waals surface area contributed by atoms with Crippen molar-refractivity contribution in [3.05, 3.63) is 52.0 Å². The van der Waals surface area contributed by atoms with Crippen molar-refractivity contribution < 1.29 is 9.84 Å². The normalized spacial score (nSPS) is 10.4. The van der Waals surface area contributed by atoms with Gasteiger partial charge in [0.15, 0.2) is 0 Å². The third-order valence-corrected chi connectivity index (χ3v) is 3.44. The first kappa shape index (κ1) is 15.8. The van der Waals surface area contributed by atoms with Gasteiger partial charge in [0.1, 0.15) is 11.5 Å². The average molecular weight is 326 g/mol. The molecule has 0 atom stereocenters. The van der Waals surface area contributed by atoms with Crippen LogP contribution in [-0.2, 0) is 6.54 Å². The molecule has 0 saturated heterocycles. The van der Waals surface area contributed by atoms with Gasteiger partial charge in [-0.1, -0.05) is 36.2 Å². The summed E-state index contributed by atoms with van der Waals surface area (Å²) in [4.78, 5) is 0. The molecule has 0 aliphatic rings. The molecular weight excluding hydrogens is 309 g/mol. The third kappa shape index (κ3) is 4.45. The summed E-state index contributed by atoms with van der Waals surface area (Å²) in [5.41, 5.74) is 1.79. The van der Waals surface area contributed by atoms with Gasteiger partial charge in [0, 0.05) is 11.6 Å². The second kappa shape index (κ2) is 7.43. The fraction of sp³-hybridized carbons (Fsp3) is 0.250. The second-order valence-electron chi connectivity index (χ2n) is 4.63. The Bertz CT molecular complexity index is 617. The minimum atomic E-state index is 0.0788. The summed E-state index contributed by atoms with van der Waals surface area (Å²) in [5.74, 6) is 0.848. The van der Waals surface area contributed by atoms with Gasteiger partial charge in [-0.3, -0.25) is 0 Å². The van der Waals surface area contributed by atoms with Crippen molar-refractivity contribution >= 4 is 28.9 Å². The molecule has 3 nitrogen and oxygen atoms in total. The van der Waals surface area contributed by atoms with Crippen molar-refractivity contribution in [1.29, 1.82) is 0 Å². The van der Waals surface area contributed by atoms with Crippen molar-refractivity contribution in [2.24, 2.45) is 0 Å². The van der Waals surface area contributed by atoms with Crippen molar-refractivity contribution in [3.8, 4) is 11.5 Å². The predicted octanol–water partition coefficient (Wildman–Crippen LogP) is 5.10. The molecule has 2 rings (SSSR count). The minimum Gasteiger partial charge on any atom is -0.506 e. The lowest BCUT2D eigenvalue weighted by molar-refractivity contribution is 0.319. The third-order valence-electron chi connectivity index (χ3n) is 2.90. The SMILES string of the molecule is CCCOc1ccc(Cl)cc1NCc1ccc(O)c(Cl)c1. The lowest BCUT2D eigenvalue weighted by Gasteiger charge is -2.13. The maximum atomic E-state index is 9.42. The van der Waals surface area contributed by atoms with E-state index in [1.807, 2.05) is 18.2 Å². The van der Waals surface area contributed by atoms with Crippen LogP contribution in [0, 0.1) is 0 Å². The summed E-state index contributed by atoms with van der Waals surface area (Å²) in [7, 11) is 0. The van der Waals surface area contributed by atoms with E-state index in [1.54, 1.807) is 18.2 Å². The summed E-state index contributed by atoms with van der Waals surface area (Å²) < 4.78 is 5.69. The first-order chi connectivity index (χ1) is 10.1. The van der Waals surface area contributed by atoms with Crippen LogP contribution in [0.2, 0.25) is 10.0 Å². The molecule has 2 aromatic carbocycles. The Labute approximate surface area is 134 Å². The number of phenolic OH excluding ortho intramolecular Hbond substituents is 1. The molecule has 0 unspecified atom stereocenters. The number of benzene rings is 2. The molecule has 0 radical (unpaired) electrons. The number of anilines is 1. The quantitative estimate of drug-likeness (QED) is 0.776. The van der Waals surface area contributed by atoms with E-state index in [0.29, 0.717) is 23.2 Å². The van der Waals surface area contributed by atoms with Crippen molar-refractivity contribution in [3.63, 3.8) is 0 Å². The van der Waals surface area contributed by atoms with Crippen molar-refractivity contribution in [2.45, 2.75) is 19.9 Å². The zero-order valence-corrected chi connectivity index (χ0v) is 13.2. The van der Waals surface area contributed by atoms with E-state index in [0.717, 1.165) is 23.4 Å². The van der Waals surface area contributed by atoms with E-state index in [4.69, 9.17) is 27.9 Å². The predicted molar refractivity (Wildman–Crippen MR) is 87.7 cm³/mol. The van der Waals surface area contributed by atoms with E-state index >= 15 is 0 Å². The highest BCUT2D eigenvalue weighted by Crippen LogP contribution is 2.29. The van der Waals surface area contributed by atoms with Gasteiger partial charge in [-0.15, -0.1) is 0 Å². The van der Waals surface area contributed by atoms with Crippen LogP contribution in [-0.4, -0.2) is 11.7 Å². The Morgan fingerprint density at radius 3 is 2.67 bits per heavy atom. The molecule has 0 aromatic heterocycles. The molecule has 0 spiro atoms. The number of rotatable bonds is 6. The van der Waals surface area contributed by atoms with Crippen LogP contribution in [0.15, 0.2) is 36.4 Å². The number of hydrogen-bond acceptors (Lipinski definition) is 3. The summed E-state index contributed by atoms with van der Waals surface area (Å²) in [6.45, 7) is 3.27. The van der Waals surface area contributed by atoms with E-state index in [-0.39, 0.29) is 5.75 Å². The first-order valence-corrected chi connectivity index (χ1v) is 7.49. The lowest BCUT2D eigenvalue weighted by Crippen LogP contribution is -2.03. The highest BCUT2D eigenvalue weighted by molar-refractivity contribution is 6.32. The molecule has 0 heterocycles. The largest absolute Gasteiger partial charge is 0.506 e. The van der Waals surface area contributed by atoms with Gasteiger partial charge in [-0.05, 0) is 42.3 Å². The number of aromatic hydroxyl groups is 1. The summed E-state index contributed by atoms with van der Waals surface area (Å²) in [6.07, 6.45) is 0.940. The van der Waals surface area contributed by atoms with Crippen LogP contribution in [0.4, 0.5) is 5.69 Å². The van der Waals surface area contributed by atoms with Gasteiger partial charge in [-0.25, -0.2) is 0 Å². The van der Waals surface area contributed by atoms with E-state index in [9.17, 15) is 5.11 Å². The molecule has 0 bridgehead atoms. The van der Waals surface area contributed by atoms with E-state index in [1.165, 1.54) is 0 Å². The Kier molecular flexibility index (Phi) is 5.59. The molecule has 0 aliphatic heterocycles. The van der Waals surface area contributed by atoms with Crippen LogP contribution in [0.5, 0.6) is 11.5 Å². The van der Waals surface area contributed by atoms with Crippen LogP contribution in [0.25, 0.3) is 0 Å². The highest BCUT2D eigenvalue weighted by Gasteiger charge is 2.06. The Morgan fingerprint density at radius 1 is 1.14 bits per heavy atom. The molecule has 5 heteroatoms. The topological polar surface area (TPSA) is 41.5 Å². The lowest BCUT2D eigenvalue weighted by atomic mass is 10.2. The highest BCUT2D eigenvalue weighted by atomic mass is 35.5. The average Bonchev–Trinajstić information content (AvgIpc) is 2.47. The number of hydrogen-bond donors (Lipinski definition) is 2. The summed E-state index contributed by atoms with van der Waals surface area (Å²) in [6, 6.07) is 10.6. The maximum absolute atomic E-state index is 9.42. The van der Waals surface area contributed by atoms with Gasteiger partial charge in [0.2, 0.25) is 0 Å².